The molecular formula is C18H17NO7. The Morgan fingerprint density at radius 1 is 0.769 bits per heavy atom. The fourth-order valence-corrected chi connectivity index (χ4v) is 2.51. The van der Waals surface area contributed by atoms with Gasteiger partial charge in [-0.05, 0) is 12.1 Å². The molecular weight excluding hydrogens is 342 g/mol. The molecule has 0 radical (unpaired) electrons. The van der Waals surface area contributed by atoms with Crippen LogP contribution in [0.5, 0.6) is 0 Å². The molecule has 0 spiro atoms. The first kappa shape index (κ1) is 18.9. The minimum absolute atomic E-state index is 1.14. The van der Waals surface area contributed by atoms with Crippen molar-refractivity contribution in [3.8, 4) is 0 Å². The lowest BCUT2D eigenvalue weighted by Crippen LogP contribution is -2.42. The molecule has 0 unspecified atom stereocenters. The number of H-pyrrole nitrogens is 1. The lowest BCUT2D eigenvalue weighted by Gasteiger charge is -2.18. The quantitative estimate of drug-likeness (QED) is 0.468. The number of carbonyl (C=O) groups is 3. The van der Waals surface area contributed by atoms with E-state index in [0.29, 0.717) is 0 Å². The van der Waals surface area contributed by atoms with Crippen LogP contribution in [0, 0.1) is 0 Å². The van der Waals surface area contributed by atoms with Crippen molar-refractivity contribution < 1.29 is 34.8 Å². The summed E-state index contributed by atoms with van der Waals surface area (Å²) < 4.78 is 0. The van der Waals surface area contributed by atoms with Gasteiger partial charge in [-0.15, -0.1) is 0 Å². The molecule has 0 aliphatic heterocycles. The Hall–Kier alpha value is -3.39. The fourth-order valence-electron chi connectivity index (χ4n) is 2.51. The Balaban J connectivity index is 0.000000187. The molecule has 0 aliphatic rings. The summed E-state index contributed by atoms with van der Waals surface area (Å²) in [6, 6.07) is 16.8. The molecule has 0 fully saturated rings. The van der Waals surface area contributed by atoms with E-state index >= 15 is 0 Å². The first-order valence-corrected chi connectivity index (χ1v) is 7.58. The third-order valence-corrected chi connectivity index (χ3v) is 3.70. The van der Waals surface area contributed by atoms with Crippen LogP contribution >= 0.6 is 0 Å². The number of fused-ring (bicyclic) bond motifs is 3. The summed E-state index contributed by atoms with van der Waals surface area (Å²) in [6.07, 6.45) is -2.29. The average Bonchev–Trinajstić information content (AvgIpc) is 2.92. The summed E-state index contributed by atoms with van der Waals surface area (Å²) in [6.45, 7) is 0. The number of carboxylic acids is 3. The molecule has 136 valence electrons. The molecule has 5 N–H and O–H groups in total. The number of aliphatic carboxylic acids is 3. The highest BCUT2D eigenvalue weighted by atomic mass is 16.4. The smallest absolute Gasteiger partial charge is 0.336 e. The number of hydrogen-bond donors (Lipinski definition) is 5. The number of para-hydroxylation sites is 2. The zero-order valence-electron chi connectivity index (χ0n) is 13.5. The maximum Gasteiger partial charge on any atom is 0.336 e. The molecule has 3 aromatic rings. The number of carboxylic acid groups (broad SMARTS) is 3. The van der Waals surface area contributed by atoms with Crippen LogP contribution < -0.4 is 0 Å². The summed E-state index contributed by atoms with van der Waals surface area (Å²) >= 11 is 0. The second kappa shape index (κ2) is 7.66. The van der Waals surface area contributed by atoms with Gasteiger partial charge >= 0.3 is 17.9 Å². The van der Waals surface area contributed by atoms with Gasteiger partial charge in [0.25, 0.3) is 0 Å². The van der Waals surface area contributed by atoms with Crippen LogP contribution in [0.4, 0.5) is 0 Å². The molecule has 0 saturated heterocycles. The first-order chi connectivity index (χ1) is 12.2. The third kappa shape index (κ3) is 4.37. The van der Waals surface area contributed by atoms with Crippen LogP contribution in [0.1, 0.15) is 12.8 Å². The van der Waals surface area contributed by atoms with E-state index in [1.54, 1.807) is 0 Å². The Kier molecular flexibility index (Phi) is 5.58. The van der Waals surface area contributed by atoms with Crippen LogP contribution in [-0.2, 0) is 14.4 Å². The summed E-state index contributed by atoms with van der Waals surface area (Å²) in [7, 11) is 0. The molecule has 26 heavy (non-hydrogen) atoms. The number of aromatic amines is 1. The second-order valence-electron chi connectivity index (χ2n) is 5.69. The van der Waals surface area contributed by atoms with Crippen LogP contribution in [0.3, 0.4) is 0 Å². The molecule has 2 aromatic carbocycles. The molecule has 8 nitrogen and oxygen atoms in total. The predicted molar refractivity (Wildman–Crippen MR) is 92.9 cm³/mol. The normalized spacial score (nSPS) is 11.0. The van der Waals surface area contributed by atoms with Crippen molar-refractivity contribution >= 4 is 39.7 Å². The maximum absolute atomic E-state index is 10.3. The lowest BCUT2D eigenvalue weighted by molar-refractivity contribution is -0.170. The van der Waals surface area contributed by atoms with E-state index in [1.807, 2.05) is 0 Å². The molecule has 3 rings (SSSR count). The molecule has 1 heterocycles. The van der Waals surface area contributed by atoms with Gasteiger partial charge in [-0.2, -0.15) is 0 Å². The summed E-state index contributed by atoms with van der Waals surface area (Å²) in [4.78, 5) is 33.9. The van der Waals surface area contributed by atoms with Crippen molar-refractivity contribution in [2.24, 2.45) is 0 Å². The van der Waals surface area contributed by atoms with Gasteiger partial charge in [-0.3, -0.25) is 9.59 Å². The van der Waals surface area contributed by atoms with Gasteiger partial charge < -0.3 is 25.4 Å². The summed E-state index contributed by atoms with van der Waals surface area (Å²) in [5.74, 6) is -5.02. The number of rotatable bonds is 5. The highest BCUT2D eigenvalue weighted by Crippen LogP contribution is 2.24. The molecule has 1 aromatic heterocycles. The number of aromatic nitrogens is 1. The number of aliphatic hydroxyl groups is 1. The maximum atomic E-state index is 10.3. The summed E-state index contributed by atoms with van der Waals surface area (Å²) in [5.41, 5.74) is -0.315. The number of benzene rings is 2. The van der Waals surface area contributed by atoms with Gasteiger partial charge in [0.1, 0.15) is 0 Å². The number of nitrogens with one attached hydrogen (secondary N) is 1. The lowest BCUT2D eigenvalue weighted by atomic mass is 9.96. The third-order valence-electron chi connectivity index (χ3n) is 3.70. The van der Waals surface area contributed by atoms with E-state index < -0.39 is 36.4 Å². The summed E-state index contributed by atoms with van der Waals surface area (Å²) in [5, 5.41) is 36.4. The van der Waals surface area contributed by atoms with E-state index in [4.69, 9.17) is 20.4 Å². The SMILES string of the molecule is O=C(O)CC(O)(CC(=O)O)C(=O)O.c1ccc2c(c1)[nH]c1ccccc12. The topological polar surface area (TPSA) is 148 Å². The average molecular weight is 359 g/mol. The van der Waals surface area contributed by atoms with Gasteiger partial charge in [0.2, 0.25) is 0 Å². The Labute approximate surface area is 147 Å². The van der Waals surface area contributed by atoms with Gasteiger partial charge in [0.05, 0.1) is 12.8 Å². The van der Waals surface area contributed by atoms with Crippen LogP contribution in [0.2, 0.25) is 0 Å². The highest BCUT2D eigenvalue weighted by Gasteiger charge is 2.40. The Morgan fingerprint density at radius 3 is 1.50 bits per heavy atom. The van der Waals surface area contributed by atoms with E-state index in [-0.39, 0.29) is 0 Å². The van der Waals surface area contributed by atoms with Crippen LogP contribution in [-0.4, -0.2) is 48.9 Å². The van der Waals surface area contributed by atoms with Crippen molar-refractivity contribution in [2.45, 2.75) is 18.4 Å². The van der Waals surface area contributed by atoms with Gasteiger partial charge in [0, 0.05) is 21.8 Å². The zero-order valence-corrected chi connectivity index (χ0v) is 13.5. The largest absolute Gasteiger partial charge is 0.481 e. The second-order valence-corrected chi connectivity index (χ2v) is 5.69. The number of hydrogen-bond acceptors (Lipinski definition) is 4. The predicted octanol–water partition coefficient (Wildman–Crippen LogP) is 2.07. The van der Waals surface area contributed by atoms with Crippen molar-refractivity contribution in [2.75, 3.05) is 0 Å². The minimum atomic E-state index is -2.74. The minimum Gasteiger partial charge on any atom is -0.481 e. The molecule has 8 heteroatoms. The van der Waals surface area contributed by atoms with Crippen LogP contribution in [0.25, 0.3) is 21.8 Å². The van der Waals surface area contributed by atoms with Crippen molar-refractivity contribution in [3.05, 3.63) is 48.5 Å². The van der Waals surface area contributed by atoms with E-state index in [9.17, 15) is 14.4 Å². The van der Waals surface area contributed by atoms with Gasteiger partial charge in [-0.25, -0.2) is 4.79 Å². The molecule has 0 atom stereocenters. The molecule has 0 amide bonds. The van der Waals surface area contributed by atoms with Gasteiger partial charge in [-0.1, -0.05) is 36.4 Å². The van der Waals surface area contributed by atoms with E-state index in [2.05, 4.69) is 53.5 Å². The Morgan fingerprint density at radius 2 is 1.15 bits per heavy atom. The fraction of sp³-hybridized carbons (Fsp3) is 0.167. The van der Waals surface area contributed by atoms with Crippen molar-refractivity contribution in [1.29, 1.82) is 0 Å². The monoisotopic (exact) mass is 359 g/mol. The van der Waals surface area contributed by atoms with E-state index in [0.717, 1.165) is 0 Å². The highest BCUT2D eigenvalue weighted by molar-refractivity contribution is 6.06. The molecule has 0 aliphatic carbocycles. The van der Waals surface area contributed by atoms with Crippen LogP contribution in [0.15, 0.2) is 48.5 Å². The van der Waals surface area contributed by atoms with Crippen molar-refractivity contribution in [1.82, 2.24) is 4.98 Å². The molecule has 0 bridgehead atoms. The standard InChI is InChI=1S/C12H9N.C6H8O7/c1-3-7-11-9(5-1)10-6-2-4-8-12(10)13-11;7-3(8)1-6(13,5(11)12)2-4(9)10/h1-8,13H;13H,1-2H2,(H,7,8)(H,9,10)(H,11,12). The Bertz CT molecular complexity index is 894. The van der Waals surface area contributed by atoms with E-state index in [1.165, 1.54) is 21.8 Å². The molecule has 0 saturated carbocycles. The van der Waals surface area contributed by atoms with Gasteiger partial charge in [0.15, 0.2) is 5.60 Å². The zero-order chi connectivity index (χ0) is 19.3. The first-order valence-electron chi connectivity index (χ1n) is 7.58. The van der Waals surface area contributed by atoms with Crippen molar-refractivity contribution in [3.63, 3.8) is 0 Å².